The molecular weight excluding hydrogens is 235 g/mol. The molecule has 18 heavy (non-hydrogen) atoms. The Bertz CT molecular complexity index is 620. The molecule has 92 valence electrons. The fourth-order valence-electron chi connectivity index (χ4n) is 1.70. The number of hydrogen-bond donors (Lipinski definition) is 2. The highest BCUT2D eigenvalue weighted by Gasteiger charge is 2.11. The van der Waals surface area contributed by atoms with Crippen molar-refractivity contribution in [2.24, 2.45) is 0 Å². The predicted molar refractivity (Wildman–Crippen MR) is 65.2 cm³/mol. The highest BCUT2D eigenvalue weighted by Crippen LogP contribution is 2.28. The van der Waals surface area contributed by atoms with Crippen LogP contribution in [0.25, 0.3) is 11.1 Å². The fourth-order valence-corrected chi connectivity index (χ4v) is 1.70. The van der Waals surface area contributed by atoms with E-state index >= 15 is 0 Å². The molecule has 0 fully saturated rings. The predicted octanol–water partition coefficient (Wildman–Crippen LogP) is 3.20. The molecule has 0 spiro atoms. The highest BCUT2D eigenvalue weighted by atomic mass is 19.1. The molecule has 0 aromatic heterocycles. The maximum atomic E-state index is 13.7. The second kappa shape index (κ2) is 4.49. The van der Waals surface area contributed by atoms with Gasteiger partial charge in [0.15, 0.2) is 0 Å². The van der Waals surface area contributed by atoms with Gasteiger partial charge in [-0.25, -0.2) is 9.18 Å². The lowest BCUT2D eigenvalue weighted by Gasteiger charge is -2.07. The molecule has 2 aromatic rings. The summed E-state index contributed by atoms with van der Waals surface area (Å²) in [7, 11) is 0. The van der Waals surface area contributed by atoms with Gasteiger partial charge in [0.2, 0.25) is 0 Å². The summed E-state index contributed by atoms with van der Waals surface area (Å²) < 4.78 is 13.7. The van der Waals surface area contributed by atoms with Crippen molar-refractivity contribution in [2.45, 2.75) is 6.92 Å². The minimum absolute atomic E-state index is 0.0251. The number of phenolic OH excluding ortho intramolecular Hbond substituents is 1. The molecule has 0 aliphatic heterocycles. The molecule has 0 bridgehead atoms. The van der Waals surface area contributed by atoms with Gasteiger partial charge in [0.25, 0.3) is 0 Å². The van der Waals surface area contributed by atoms with E-state index < -0.39 is 11.8 Å². The molecular formula is C14H11FO3. The Morgan fingerprint density at radius 2 is 1.89 bits per heavy atom. The molecule has 0 heterocycles. The van der Waals surface area contributed by atoms with E-state index in [1.165, 1.54) is 18.2 Å². The summed E-state index contributed by atoms with van der Waals surface area (Å²) in [5.74, 6) is -1.48. The third kappa shape index (κ3) is 2.18. The summed E-state index contributed by atoms with van der Waals surface area (Å²) in [5, 5.41) is 18.3. The van der Waals surface area contributed by atoms with Gasteiger partial charge in [0.05, 0.1) is 5.56 Å². The van der Waals surface area contributed by atoms with Gasteiger partial charge in [-0.1, -0.05) is 6.07 Å². The normalized spacial score (nSPS) is 10.3. The van der Waals surface area contributed by atoms with Crippen molar-refractivity contribution < 1.29 is 19.4 Å². The summed E-state index contributed by atoms with van der Waals surface area (Å²) in [4.78, 5) is 10.9. The quantitative estimate of drug-likeness (QED) is 0.855. The maximum Gasteiger partial charge on any atom is 0.335 e. The Balaban J connectivity index is 2.58. The largest absolute Gasteiger partial charge is 0.508 e. The molecule has 2 aromatic carbocycles. The van der Waals surface area contributed by atoms with Gasteiger partial charge in [-0.3, -0.25) is 0 Å². The Labute approximate surface area is 103 Å². The van der Waals surface area contributed by atoms with Crippen molar-refractivity contribution in [3.63, 3.8) is 0 Å². The zero-order chi connectivity index (χ0) is 13.3. The summed E-state index contributed by atoms with van der Waals surface area (Å²) >= 11 is 0. The molecule has 0 saturated carbocycles. The minimum atomic E-state index is -1.10. The summed E-state index contributed by atoms with van der Waals surface area (Å²) in [6.45, 7) is 1.69. The second-order valence-corrected chi connectivity index (χ2v) is 4.00. The van der Waals surface area contributed by atoms with Gasteiger partial charge in [0, 0.05) is 5.56 Å². The van der Waals surface area contributed by atoms with Crippen molar-refractivity contribution >= 4 is 5.97 Å². The SMILES string of the molecule is Cc1cc(-c2cc(C(=O)O)ccc2F)ccc1O. The molecule has 0 saturated heterocycles. The maximum absolute atomic E-state index is 13.7. The summed E-state index contributed by atoms with van der Waals surface area (Å²) in [6.07, 6.45) is 0. The van der Waals surface area contributed by atoms with Crippen molar-refractivity contribution in [3.8, 4) is 16.9 Å². The van der Waals surface area contributed by atoms with Crippen LogP contribution in [0.1, 0.15) is 15.9 Å². The summed E-state index contributed by atoms with van der Waals surface area (Å²) in [6, 6.07) is 8.24. The lowest BCUT2D eigenvalue weighted by molar-refractivity contribution is 0.0697. The van der Waals surface area contributed by atoms with Crippen molar-refractivity contribution in [3.05, 3.63) is 53.3 Å². The molecule has 2 N–H and O–H groups in total. The third-order valence-electron chi connectivity index (χ3n) is 2.72. The number of benzene rings is 2. The van der Waals surface area contributed by atoms with Crippen LogP contribution >= 0.6 is 0 Å². The van der Waals surface area contributed by atoms with Gasteiger partial charge < -0.3 is 10.2 Å². The van der Waals surface area contributed by atoms with E-state index in [4.69, 9.17) is 5.11 Å². The zero-order valence-corrected chi connectivity index (χ0v) is 9.64. The average Bonchev–Trinajstić information content (AvgIpc) is 2.33. The first-order chi connectivity index (χ1) is 8.49. The van der Waals surface area contributed by atoms with Crippen molar-refractivity contribution in [1.82, 2.24) is 0 Å². The lowest BCUT2D eigenvalue weighted by atomic mass is 10.0. The Morgan fingerprint density at radius 3 is 2.50 bits per heavy atom. The first-order valence-corrected chi connectivity index (χ1v) is 5.32. The molecule has 0 amide bonds. The number of phenols is 1. The number of carboxylic acid groups (broad SMARTS) is 1. The fraction of sp³-hybridized carbons (Fsp3) is 0.0714. The molecule has 0 aliphatic carbocycles. The molecule has 0 radical (unpaired) electrons. The zero-order valence-electron chi connectivity index (χ0n) is 9.64. The van der Waals surface area contributed by atoms with Crippen LogP contribution in [-0.2, 0) is 0 Å². The van der Waals surface area contributed by atoms with Crippen LogP contribution in [0.4, 0.5) is 4.39 Å². The van der Waals surface area contributed by atoms with Crippen LogP contribution in [0.3, 0.4) is 0 Å². The molecule has 0 aliphatic rings. The Hall–Kier alpha value is -2.36. The van der Waals surface area contributed by atoms with E-state index in [1.54, 1.807) is 19.1 Å². The highest BCUT2D eigenvalue weighted by molar-refractivity contribution is 5.89. The Kier molecular flexibility index (Phi) is 3.02. The number of halogens is 1. The molecule has 2 rings (SSSR count). The average molecular weight is 246 g/mol. The number of aromatic carboxylic acids is 1. The van der Waals surface area contributed by atoms with Crippen LogP contribution < -0.4 is 0 Å². The molecule has 3 nitrogen and oxygen atoms in total. The first-order valence-electron chi connectivity index (χ1n) is 5.32. The number of carbonyl (C=O) groups is 1. The van der Waals surface area contributed by atoms with Gasteiger partial charge >= 0.3 is 5.97 Å². The lowest BCUT2D eigenvalue weighted by Crippen LogP contribution is -1.97. The van der Waals surface area contributed by atoms with E-state index in [-0.39, 0.29) is 16.9 Å². The van der Waals surface area contributed by atoms with Gasteiger partial charge in [-0.2, -0.15) is 0 Å². The number of aromatic hydroxyl groups is 1. The van der Waals surface area contributed by atoms with Crippen LogP contribution in [0.5, 0.6) is 5.75 Å². The van der Waals surface area contributed by atoms with E-state index in [1.807, 2.05) is 0 Å². The molecule has 4 heteroatoms. The minimum Gasteiger partial charge on any atom is -0.508 e. The monoisotopic (exact) mass is 246 g/mol. The van der Waals surface area contributed by atoms with E-state index in [0.717, 1.165) is 6.07 Å². The summed E-state index contributed by atoms with van der Waals surface area (Å²) in [5.41, 5.74) is 1.37. The van der Waals surface area contributed by atoms with Gasteiger partial charge in [-0.15, -0.1) is 0 Å². The van der Waals surface area contributed by atoms with Gasteiger partial charge in [-0.05, 0) is 48.4 Å². The molecule has 0 unspecified atom stereocenters. The van der Waals surface area contributed by atoms with Crippen LogP contribution in [-0.4, -0.2) is 16.2 Å². The van der Waals surface area contributed by atoms with Crippen LogP contribution in [0.15, 0.2) is 36.4 Å². The third-order valence-corrected chi connectivity index (χ3v) is 2.72. The number of rotatable bonds is 2. The number of aryl methyl sites for hydroxylation is 1. The molecule has 0 atom stereocenters. The Morgan fingerprint density at radius 1 is 1.17 bits per heavy atom. The smallest absolute Gasteiger partial charge is 0.335 e. The van der Waals surface area contributed by atoms with Crippen molar-refractivity contribution in [2.75, 3.05) is 0 Å². The number of hydrogen-bond acceptors (Lipinski definition) is 2. The van der Waals surface area contributed by atoms with Crippen molar-refractivity contribution in [1.29, 1.82) is 0 Å². The first kappa shape index (κ1) is 12.1. The topological polar surface area (TPSA) is 57.5 Å². The van der Waals surface area contributed by atoms with E-state index in [0.29, 0.717) is 11.1 Å². The van der Waals surface area contributed by atoms with Crippen LogP contribution in [0, 0.1) is 12.7 Å². The van der Waals surface area contributed by atoms with Gasteiger partial charge in [0.1, 0.15) is 11.6 Å². The van der Waals surface area contributed by atoms with E-state index in [9.17, 15) is 14.3 Å². The second-order valence-electron chi connectivity index (χ2n) is 4.00. The standard InChI is InChI=1S/C14H11FO3/c1-8-6-9(3-5-13(8)16)11-7-10(14(17)18)2-4-12(11)15/h2-7,16H,1H3,(H,17,18). The van der Waals surface area contributed by atoms with Crippen LogP contribution in [0.2, 0.25) is 0 Å². The number of carboxylic acids is 1. The van der Waals surface area contributed by atoms with E-state index in [2.05, 4.69) is 0 Å².